The molecule has 3 rings (SSSR count). The van der Waals surface area contributed by atoms with Crippen LogP contribution < -0.4 is 0 Å². The van der Waals surface area contributed by atoms with E-state index in [1.807, 2.05) is 42.5 Å². The lowest BCUT2D eigenvalue weighted by atomic mass is 10.1. The van der Waals surface area contributed by atoms with Gasteiger partial charge in [0.15, 0.2) is 11.4 Å². The Morgan fingerprint density at radius 2 is 2.00 bits per heavy atom. The molecule has 0 N–H and O–H groups in total. The first-order valence-electron chi connectivity index (χ1n) is 7.01. The Balaban J connectivity index is 1.76. The molecule has 1 amide bonds. The van der Waals surface area contributed by atoms with Crippen molar-refractivity contribution in [1.82, 2.24) is 14.6 Å². The molecule has 112 valence electrons. The molecule has 2 heterocycles. The first-order chi connectivity index (χ1) is 11.2. The van der Waals surface area contributed by atoms with Gasteiger partial charge in [0.1, 0.15) is 18.7 Å². The molecule has 0 unspecified atom stereocenters. The molecule has 1 aliphatic heterocycles. The van der Waals surface area contributed by atoms with E-state index >= 15 is 0 Å². The number of carbonyl (C=O) groups is 1. The van der Waals surface area contributed by atoms with Crippen molar-refractivity contribution < 1.29 is 4.79 Å². The molecule has 0 fully saturated rings. The summed E-state index contributed by atoms with van der Waals surface area (Å²) < 4.78 is 1.37. The highest BCUT2D eigenvalue weighted by Crippen LogP contribution is 2.15. The van der Waals surface area contributed by atoms with E-state index in [1.165, 1.54) is 15.9 Å². The van der Waals surface area contributed by atoms with E-state index < -0.39 is 0 Å². The summed E-state index contributed by atoms with van der Waals surface area (Å²) in [6.07, 6.45) is 2.02. The van der Waals surface area contributed by atoms with Gasteiger partial charge in [0, 0.05) is 6.42 Å². The Morgan fingerprint density at radius 1 is 1.22 bits per heavy atom. The van der Waals surface area contributed by atoms with Crippen molar-refractivity contribution in [1.29, 1.82) is 10.5 Å². The Kier molecular flexibility index (Phi) is 3.86. The maximum Gasteiger partial charge on any atom is 0.262 e. The first kappa shape index (κ1) is 14.5. The van der Waals surface area contributed by atoms with Gasteiger partial charge in [-0.25, -0.2) is 9.99 Å². The van der Waals surface area contributed by atoms with Gasteiger partial charge >= 0.3 is 0 Å². The summed E-state index contributed by atoms with van der Waals surface area (Å²) in [6, 6.07) is 13.4. The molecule has 0 saturated carbocycles. The molecule has 1 aromatic carbocycles. The van der Waals surface area contributed by atoms with Gasteiger partial charge in [-0.2, -0.15) is 15.6 Å². The van der Waals surface area contributed by atoms with Gasteiger partial charge in [0.25, 0.3) is 5.91 Å². The lowest BCUT2D eigenvalue weighted by molar-refractivity contribution is -0.131. The Labute approximate surface area is 132 Å². The molecule has 0 bridgehead atoms. The van der Waals surface area contributed by atoms with Crippen molar-refractivity contribution in [2.45, 2.75) is 13.0 Å². The molecule has 0 spiro atoms. The number of rotatable bonds is 3. The second-order valence-corrected chi connectivity index (χ2v) is 4.97. The van der Waals surface area contributed by atoms with Gasteiger partial charge < -0.3 is 4.57 Å². The van der Waals surface area contributed by atoms with E-state index in [0.29, 0.717) is 13.0 Å². The van der Waals surface area contributed by atoms with Crippen LogP contribution in [0.15, 0.2) is 41.8 Å². The number of hydrogen-bond donors (Lipinski definition) is 0. The fourth-order valence-corrected chi connectivity index (χ4v) is 2.40. The molecule has 1 aliphatic rings. The molecule has 1 aromatic heterocycles. The third-order valence-electron chi connectivity index (χ3n) is 3.55. The minimum Gasteiger partial charge on any atom is -0.312 e. The number of aromatic nitrogens is 2. The van der Waals surface area contributed by atoms with Crippen molar-refractivity contribution in [3.63, 3.8) is 0 Å². The summed E-state index contributed by atoms with van der Waals surface area (Å²) in [6.45, 7) is 0.438. The number of amides is 1. The standard InChI is InChI=1S/C16H12N6O/c17-8-14-15(9-18)21(11-19-14)10-16(23)22-7-6-13(20-22)12-4-2-1-3-5-12/h1-5,11H,6-7,10H2. The van der Waals surface area contributed by atoms with E-state index in [0.717, 1.165) is 11.3 Å². The van der Waals surface area contributed by atoms with Crippen LogP contribution in [0.2, 0.25) is 0 Å². The van der Waals surface area contributed by atoms with Crippen LogP contribution in [0.4, 0.5) is 0 Å². The number of nitriles is 2. The van der Waals surface area contributed by atoms with Gasteiger partial charge in [0.05, 0.1) is 18.6 Å². The Morgan fingerprint density at radius 3 is 2.70 bits per heavy atom. The molecule has 2 aromatic rings. The normalized spacial score (nSPS) is 13.3. The van der Waals surface area contributed by atoms with Crippen LogP contribution in [-0.4, -0.2) is 32.7 Å². The number of hydrogen-bond acceptors (Lipinski definition) is 5. The van der Waals surface area contributed by atoms with Gasteiger partial charge in [-0.3, -0.25) is 4.79 Å². The van der Waals surface area contributed by atoms with Crippen molar-refractivity contribution in [3.8, 4) is 12.1 Å². The second-order valence-electron chi connectivity index (χ2n) is 4.97. The van der Waals surface area contributed by atoms with E-state index in [1.54, 1.807) is 0 Å². The third kappa shape index (κ3) is 2.81. The smallest absolute Gasteiger partial charge is 0.262 e. The summed E-state index contributed by atoms with van der Waals surface area (Å²) in [5, 5.41) is 23.7. The number of imidazole rings is 1. The maximum atomic E-state index is 12.3. The molecule has 0 atom stereocenters. The maximum absolute atomic E-state index is 12.3. The number of nitrogens with zero attached hydrogens (tertiary/aromatic N) is 6. The van der Waals surface area contributed by atoms with Crippen LogP contribution >= 0.6 is 0 Å². The average Bonchev–Trinajstić information content (AvgIpc) is 3.22. The van der Waals surface area contributed by atoms with E-state index in [2.05, 4.69) is 10.1 Å². The fraction of sp³-hybridized carbons (Fsp3) is 0.188. The van der Waals surface area contributed by atoms with Gasteiger partial charge in [0.2, 0.25) is 0 Å². The molecular formula is C16H12N6O. The van der Waals surface area contributed by atoms with Crippen molar-refractivity contribution in [2.75, 3.05) is 6.54 Å². The first-order valence-corrected chi connectivity index (χ1v) is 7.01. The molecule has 0 aliphatic carbocycles. The molecule has 7 heteroatoms. The van der Waals surface area contributed by atoms with Gasteiger partial charge in [-0.15, -0.1) is 0 Å². The Bertz CT molecular complexity index is 853. The van der Waals surface area contributed by atoms with Crippen LogP contribution in [0.1, 0.15) is 23.4 Å². The lowest BCUT2D eigenvalue weighted by Gasteiger charge is -2.11. The third-order valence-corrected chi connectivity index (χ3v) is 3.55. The summed E-state index contributed by atoms with van der Waals surface area (Å²) in [5.41, 5.74) is 1.97. The SMILES string of the molecule is N#Cc1ncn(CC(=O)N2CCC(c3ccccc3)=N2)c1C#N. The predicted octanol–water partition coefficient (Wildman–Crippen LogP) is 1.26. The summed E-state index contributed by atoms with van der Waals surface area (Å²) in [4.78, 5) is 16.2. The van der Waals surface area contributed by atoms with Crippen LogP contribution in [0.3, 0.4) is 0 Å². The zero-order valence-electron chi connectivity index (χ0n) is 12.2. The zero-order valence-corrected chi connectivity index (χ0v) is 12.2. The highest BCUT2D eigenvalue weighted by Gasteiger charge is 2.23. The van der Waals surface area contributed by atoms with Crippen LogP contribution in [0.25, 0.3) is 0 Å². The quantitative estimate of drug-likeness (QED) is 0.852. The zero-order chi connectivity index (χ0) is 16.2. The lowest BCUT2D eigenvalue weighted by Crippen LogP contribution is -2.27. The largest absolute Gasteiger partial charge is 0.312 e. The van der Waals surface area contributed by atoms with E-state index in [-0.39, 0.29) is 23.8 Å². The average molecular weight is 304 g/mol. The summed E-state index contributed by atoms with van der Waals surface area (Å²) >= 11 is 0. The molecule has 0 radical (unpaired) electrons. The summed E-state index contributed by atoms with van der Waals surface area (Å²) in [7, 11) is 0. The highest BCUT2D eigenvalue weighted by molar-refractivity contribution is 6.02. The second kappa shape index (κ2) is 6.12. The van der Waals surface area contributed by atoms with E-state index in [9.17, 15) is 4.79 Å². The van der Waals surface area contributed by atoms with E-state index in [4.69, 9.17) is 10.5 Å². The van der Waals surface area contributed by atoms with Crippen LogP contribution in [-0.2, 0) is 11.3 Å². The minimum absolute atomic E-state index is 0.0233. The highest BCUT2D eigenvalue weighted by atomic mass is 16.2. The van der Waals surface area contributed by atoms with Gasteiger partial charge in [-0.1, -0.05) is 30.3 Å². The molecular weight excluding hydrogens is 292 g/mol. The topological polar surface area (TPSA) is 98.1 Å². The van der Waals surface area contributed by atoms with Gasteiger partial charge in [-0.05, 0) is 5.56 Å². The van der Waals surface area contributed by atoms with Crippen molar-refractivity contribution >= 4 is 11.6 Å². The van der Waals surface area contributed by atoms with Crippen LogP contribution in [0, 0.1) is 22.7 Å². The Hall–Kier alpha value is -3.45. The summed E-state index contributed by atoms with van der Waals surface area (Å²) in [5.74, 6) is -0.241. The monoisotopic (exact) mass is 304 g/mol. The minimum atomic E-state index is -0.241. The number of benzene rings is 1. The molecule has 7 nitrogen and oxygen atoms in total. The molecule has 0 saturated heterocycles. The van der Waals surface area contributed by atoms with Crippen LogP contribution in [0.5, 0.6) is 0 Å². The predicted molar refractivity (Wildman–Crippen MR) is 81.0 cm³/mol. The number of hydrazone groups is 1. The van der Waals surface area contributed by atoms with Crippen molar-refractivity contribution in [3.05, 3.63) is 53.6 Å². The molecule has 23 heavy (non-hydrogen) atoms. The number of carbonyl (C=O) groups excluding carboxylic acids is 1. The fourth-order valence-electron chi connectivity index (χ4n) is 2.40. The van der Waals surface area contributed by atoms with Crippen molar-refractivity contribution in [2.24, 2.45) is 5.10 Å².